The number of nitriles is 1. The maximum absolute atomic E-state index is 12.6. The van der Waals surface area contributed by atoms with Crippen LogP contribution in [-0.4, -0.2) is 37.7 Å². The predicted octanol–water partition coefficient (Wildman–Crippen LogP) is 3.47. The summed E-state index contributed by atoms with van der Waals surface area (Å²) in [5.41, 5.74) is 0.428. The van der Waals surface area contributed by atoms with Gasteiger partial charge in [0.1, 0.15) is 5.41 Å². The molecule has 0 unspecified atom stereocenters. The number of benzene rings is 1. The van der Waals surface area contributed by atoms with Crippen molar-refractivity contribution in [1.82, 2.24) is 9.29 Å². The molecular weight excluding hydrogens is 396 g/mol. The zero-order valence-corrected chi connectivity index (χ0v) is 17.4. The van der Waals surface area contributed by atoms with Gasteiger partial charge in [-0.25, -0.2) is 17.7 Å². The van der Waals surface area contributed by atoms with E-state index < -0.39 is 15.4 Å². The first kappa shape index (κ1) is 20.5. The highest BCUT2D eigenvalue weighted by molar-refractivity contribution is 7.89. The fourth-order valence-corrected chi connectivity index (χ4v) is 4.85. The number of sulfonamides is 1. The van der Waals surface area contributed by atoms with E-state index in [2.05, 4.69) is 16.4 Å². The lowest BCUT2D eigenvalue weighted by Crippen LogP contribution is -2.36. The number of hydrogen-bond donors (Lipinski definition) is 1. The monoisotopic (exact) mass is 418 g/mol. The number of nitrogens with one attached hydrogen (secondary N) is 1. The second-order valence-corrected chi connectivity index (χ2v) is 10.1. The van der Waals surface area contributed by atoms with Crippen LogP contribution in [0.4, 0.5) is 5.13 Å². The molecule has 1 aromatic heterocycles. The summed E-state index contributed by atoms with van der Waals surface area (Å²) >= 11 is 1.28. The van der Waals surface area contributed by atoms with Gasteiger partial charge in [-0.05, 0) is 25.0 Å². The second-order valence-electron chi connectivity index (χ2n) is 7.06. The average Bonchev–Trinajstić information content (AvgIpc) is 3.17. The molecule has 1 aliphatic rings. The van der Waals surface area contributed by atoms with Crippen LogP contribution in [0.25, 0.3) is 11.3 Å². The Labute approximate surface area is 169 Å². The van der Waals surface area contributed by atoms with Crippen LogP contribution >= 0.6 is 11.3 Å². The van der Waals surface area contributed by atoms with Crippen LogP contribution in [-0.2, 0) is 14.8 Å². The molecule has 1 aromatic carbocycles. The number of carbonyl (C=O) groups excluding carboxylic acids is 1. The minimum Gasteiger partial charge on any atom is -0.301 e. The van der Waals surface area contributed by atoms with Gasteiger partial charge in [-0.1, -0.05) is 31.4 Å². The van der Waals surface area contributed by atoms with Crippen molar-refractivity contribution in [2.75, 3.05) is 19.4 Å². The van der Waals surface area contributed by atoms with Gasteiger partial charge in [-0.2, -0.15) is 5.26 Å². The molecule has 3 rings (SSSR count). The SMILES string of the molecule is CN(C)S(=O)(=O)c1ccc(-c2csc(NC(=O)C3(C#N)CCCCC3)n2)cc1. The van der Waals surface area contributed by atoms with Crippen LogP contribution in [0, 0.1) is 16.7 Å². The summed E-state index contributed by atoms with van der Waals surface area (Å²) in [5, 5.41) is 14.5. The molecule has 0 saturated heterocycles. The normalized spacial score (nSPS) is 16.5. The smallest absolute Gasteiger partial charge is 0.246 e. The van der Waals surface area contributed by atoms with E-state index in [1.165, 1.54) is 37.6 Å². The summed E-state index contributed by atoms with van der Waals surface area (Å²) < 4.78 is 25.5. The summed E-state index contributed by atoms with van der Waals surface area (Å²) in [7, 11) is -0.511. The van der Waals surface area contributed by atoms with Crippen molar-refractivity contribution in [1.29, 1.82) is 5.26 Å². The highest BCUT2D eigenvalue weighted by Gasteiger charge is 2.40. The molecule has 0 bridgehead atoms. The number of nitrogens with zero attached hydrogens (tertiary/aromatic N) is 3. The lowest BCUT2D eigenvalue weighted by molar-refractivity contribution is -0.124. The molecule has 1 heterocycles. The Morgan fingerprint density at radius 1 is 1.21 bits per heavy atom. The fraction of sp³-hybridized carbons (Fsp3) is 0.421. The van der Waals surface area contributed by atoms with E-state index in [1.807, 2.05) is 0 Å². The van der Waals surface area contributed by atoms with E-state index in [9.17, 15) is 18.5 Å². The van der Waals surface area contributed by atoms with Crippen LogP contribution in [0.15, 0.2) is 34.5 Å². The molecule has 1 fully saturated rings. The van der Waals surface area contributed by atoms with Gasteiger partial charge in [0, 0.05) is 25.0 Å². The van der Waals surface area contributed by atoms with E-state index in [4.69, 9.17) is 0 Å². The molecule has 2 aromatic rings. The van der Waals surface area contributed by atoms with Crippen molar-refractivity contribution in [3.8, 4) is 17.3 Å². The van der Waals surface area contributed by atoms with Crippen LogP contribution in [0.2, 0.25) is 0 Å². The molecular formula is C19H22N4O3S2. The van der Waals surface area contributed by atoms with Gasteiger partial charge in [0.05, 0.1) is 16.7 Å². The quantitative estimate of drug-likeness (QED) is 0.801. The second kappa shape index (κ2) is 7.99. The first-order chi connectivity index (χ1) is 13.3. The Morgan fingerprint density at radius 2 is 1.86 bits per heavy atom. The maximum atomic E-state index is 12.6. The van der Waals surface area contributed by atoms with Gasteiger partial charge in [0.25, 0.3) is 0 Å². The van der Waals surface area contributed by atoms with Crippen molar-refractivity contribution < 1.29 is 13.2 Å². The van der Waals surface area contributed by atoms with Gasteiger partial charge < -0.3 is 5.32 Å². The molecule has 0 radical (unpaired) electrons. The van der Waals surface area contributed by atoms with E-state index in [0.717, 1.165) is 29.1 Å². The molecule has 0 aliphatic heterocycles. The van der Waals surface area contributed by atoms with E-state index in [-0.39, 0.29) is 10.8 Å². The number of thiazole rings is 1. The molecule has 0 spiro atoms. The van der Waals surface area contributed by atoms with Gasteiger partial charge >= 0.3 is 0 Å². The van der Waals surface area contributed by atoms with E-state index in [0.29, 0.717) is 23.7 Å². The number of carbonyl (C=O) groups is 1. The molecule has 7 nitrogen and oxygen atoms in total. The fourth-order valence-electron chi connectivity index (χ4n) is 3.23. The largest absolute Gasteiger partial charge is 0.301 e. The Hall–Kier alpha value is -2.28. The third kappa shape index (κ3) is 3.94. The minimum atomic E-state index is -3.48. The molecule has 148 valence electrons. The summed E-state index contributed by atoms with van der Waals surface area (Å²) in [6, 6.07) is 8.66. The average molecular weight is 419 g/mol. The van der Waals surface area contributed by atoms with Crippen molar-refractivity contribution in [3.05, 3.63) is 29.6 Å². The molecule has 0 atom stereocenters. The number of amides is 1. The Morgan fingerprint density at radius 3 is 2.43 bits per heavy atom. The van der Waals surface area contributed by atoms with Gasteiger partial charge in [-0.3, -0.25) is 4.79 Å². The van der Waals surface area contributed by atoms with Gasteiger partial charge in [0.15, 0.2) is 5.13 Å². The molecule has 1 aliphatic carbocycles. The summed E-state index contributed by atoms with van der Waals surface area (Å²) in [5.74, 6) is -0.289. The Bertz CT molecular complexity index is 999. The number of aromatic nitrogens is 1. The molecule has 9 heteroatoms. The lowest BCUT2D eigenvalue weighted by Gasteiger charge is -2.28. The van der Waals surface area contributed by atoms with Crippen LogP contribution in [0.3, 0.4) is 0 Å². The first-order valence-electron chi connectivity index (χ1n) is 9.00. The summed E-state index contributed by atoms with van der Waals surface area (Å²) in [6.07, 6.45) is 3.97. The zero-order chi connectivity index (χ0) is 20.4. The third-order valence-corrected chi connectivity index (χ3v) is 7.60. The Kier molecular flexibility index (Phi) is 5.84. The molecule has 1 N–H and O–H groups in total. The molecule has 28 heavy (non-hydrogen) atoms. The first-order valence-corrected chi connectivity index (χ1v) is 11.3. The third-order valence-electron chi connectivity index (χ3n) is 5.01. The van der Waals surface area contributed by atoms with Crippen LogP contribution in [0.5, 0.6) is 0 Å². The minimum absolute atomic E-state index is 0.207. The van der Waals surface area contributed by atoms with Crippen molar-refractivity contribution in [2.45, 2.75) is 37.0 Å². The standard InChI is InChI=1S/C19H22N4O3S2/c1-23(2)28(25,26)15-8-6-14(7-9-15)16-12-27-18(21-16)22-17(24)19(13-20)10-4-3-5-11-19/h6-9,12H,3-5,10-11H2,1-2H3,(H,21,22,24). The zero-order valence-electron chi connectivity index (χ0n) is 15.8. The van der Waals surface area contributed by atoms with Gasteiger partial charge in [-0.15, -0.1) is 11.3 Å². The Balaban J connectivity index is 1.75. The molecule has 1 amide bonds. The van der Waals surface area contributed by atoms with Crippen molar-refractivity contribution >= 4 is 32.4 Å². The molecule has 1 saturated carbocycles. The number of rotatable bonds is 5. The van der Waals surface area contributed by atoms with E-state index >= 15 is 0 Å². The predicted molar refractivity (Wildman–Crippen MR) is 108 cm³/mol. The number of anilines is 1. The maximum Gasteiger partial charge on any atom is 0.246 e. The lowest BCUT2D eigenvalue weighted by atomic mass is 9.74. The van der Waals surface area contributed by atoms with Crippen LogP contribution in [0.1, 0.15) is 32.1 Å². The van der Waals surface area contributed by atoms with Crippen LogP contribution < -0.4 is 5.32 Å². The van der Waals surface area contributed by atoms with Crippen molar-refractivity contribution in [2.24, 2.45) is 5.41 Å². The summed E-state index contributed by atoms with van der Waals surface area (Å²) in [6.45, 7) is 0. The number of hydrogen-bond acceptors (Lipinski definition) is 6. The highest BCUT2D eigenvalue weighted by Crippen LogP contribution is 2.37. The highest BCUT2D eigenvalue weighted by atomic mass is 32.2. The van der Waals surface area contributed by atoms with Gasteiger partial charge in [0.2, 0.25) is 15.9 Å². The topological polar surface area (TPSA) is 103 Å². The van der Waals surface area contributed by atoms with Crippen molar-refractivity contribution in [3.63, 3.8) is 0 Å². The summed E-state index contributed by atoms with van der Waals surface area (Å²) in [4.78, 5) is 17.3. The van der Waals surface area contributed by atoms with E-state index in [1.54, 1.807) is 17.5 Å².